The fraction of sp³-hybridized carbons (Fsp3) is 0.167. The number of aromatic amines is 1. The van der Waals surface area contributed by atoms with Crippen LogP contribution in [0.5, 0.6) is 5.75 Å². The topological polar surface area (TPSA) is 51.3 Å². The van der Waals surface area contributed by atoms with Crippen LogP contribution in [0.4, 0.5) is 0 Å². The number of esters is 1. The number of aromatic nitrogens is 1. The third-order valence-electron chi connectivity index (χ3n) is 3.51. The molecule has 0 fully saturated rings. The number of para-hydroxylation sites is 1. The Morgan fingerprint density at radius 1 is 1.08 bits per heavy atom. The summed E-state index contributed by atoms with van der Waals surface area (Å²) in [6, 6.07) is 12.8. The highest BCUT2D eigenvalue weighted by atomic mass is 35.5. The van der Waals surface area contributed by atoms with E-state index in [-0.39, 0.29) is 25.6 Å². The predicted molar refractivity (Wildman–Crippen MR) is 94.9 cm³/mol. The van der Waals surface area contributed by atoms with Crippen LogP contribution in [-0.4, -0.2) is 24.2 Å². The zero-order valence-corrected chi connectivity index (χ0v) is 14.2. The Morgan fingerprint density at radius 2 is 1.92 bits per heavy atom. The lowest BCUT2D eigenvalue weighted by Gasteiger charge is -2.09. The average Bonchev–Trinajstić information content (AvgIpc) is 2.96. The molecular formula is C18H15Cl2NO3. The van der Waals surface area contributed by atoms with Gasteiger partial charge in [0.05, 0.1) is 11.4 Å². The second-order valence-electron chi connectivity index (χ2n) is 5.18. The Hall–Kier alpha value is -2.17. The predicted octanol–water partition coefficient (Wildman–Crippen LogP) is 4.64. The van der Waals surface area contributed by atoms with Crippen molar-refractivity contribution in [1.29, 1.82) is 0 Å². The minimum Gasteiger partial charge on any atom is -0.488 e. The van der Waals surface area contributed by atoms with Gasteiger partial charge in [0.1, 0.15) is 19.0 Å². The molecule has 0 aliphatic rings. The van der Waals surface area contributed by atoms with E-state index in [4.69, 9.17) is 32.7 Å². The molecule has 1 N–H and O–H groups in total. The molecule has 0 aliphatic heterocycles. The average molecular weight is 364 g/mol. The van der Waals surface area contributed by atoms with Crippen LogP contribution >= 0.6 is 23.2 Å². The van der Waals surface area contributed by atoms with Crippen molar-refractivity contribution in [3.63, 3.8) is 0 Å². The molecule has 0 aliphatic carbocycles. The van der Waals surface area contributed by atoms with Crippen molar-refractivity contribution in [2.45, 2.75) is 6.42 Å². The van der Waals surface area contributed by atoms with Gasteiger partial charge in [0, 0.05) is 22.1 Å². The summed E-state index contributed by atoms with van der Waals surface area (Å²) >= 11 is 11.8. The second kappa shape index (κ2) is 7.60. The first-order valence-electron chi connectivity index (χ1n) is 7.42. The molecule has 1 aromatic heterocycles. The van der Waals surface area contributed by atoms with E-state index >= 15 is 0 Å². The Bertz CT molecular complexity index is 860. The molecule has 0 radical (unpaired) electrons. The van der Waals surface area contributed by atoms with E-state index in [0.29, 0.717) is 15.8 Å². The lowest BCUT2D eigenvalue weighted by Crippen LogP contribution is -2.14. The summed E-state index contributed by atoms with van der Waals surface area (Å²) in [5.74, 6) is 0.208. The highest BCUT2D eigenvalue weighted by molar-refractivity contribution is 6.35. The number of rotatable bonds is 6. The van der Waals surface area contributed by atoms with Crippen molar-refractivity contribution >= 4 is 40.1 Å². The van der Waals surface area contributed by atoms with Gasteiger partial charge in [-0.15, -0.1) is 0 Å². The molecule has 1 heterocycles. The van der Waals surface area contributed by atoms with Gasteiger partial charge in [0.25, 0.3) is 0 Å². The van der Waals surface area contributed by atoms with Crippen LogP contribution in [-0.2, 0) is 16.0 Å². The van der Waals surface area contributed by atoms with E-state index in [1.54, 1.807) is 18.2 Å². The number of H-pyrrole nitrogens is 1. The van der Waals surface area contributed by atoms with E-state index in [1.807, 2.05) is 30.5 Å². The SMILES string of the molecule is O=C(Cc1c[nH]c2ccccc12)OCCOc1ccc(Cl)cc1Cl. The normalized spacial score (nSPS) is 10.8. The van der Waals surface area contributed by atoms with Crippen LogP contribution in [0.3, 0.4) is 0 Å². The number of hydrogen-bond donors (Lipinski definition) is 1. The monoisotopic (exact) mass is 363 g/mol. The number of hydrogen-bond acceptors (Lipinski definition) is 3. The van der Waals surface area contributed by atoms with Gasteiger partial charge in [0.2, 0.25) is 0 Å². The smallest absolute Gasteiger partial charge is 0.310 e. The molecule has 4 nitrogen and oxygen atoms in total. The number of benzene rings is 2. The Kier molecular flexibility index (Phi) is 5.28. The lowest BCUT2D eigenvalue weighted by molar-refractivity contribution is -0.143. The van der Waals surface area contributed by atoms with Crippen LogP contribution in [0.1, 0.15) is 5.56 Å². The van der Waals surface area contributed by atoms with Crippen LogP contribution in [0.2, 0.25) is 10.0 Å². The first-order chi connectivity index (χ1) is 11.6. The van der Waals surface area contributed by atoms with Gasteiger partial charge in [-0.1, -0.05) is 41.4 Å². The zero-order valence-electron chi connectivity index (χ0n) is 12.7. The maximum atomic E-state index is 11.9. The minimum atomic E-state index is -0.300. The molecule has 0 amide bonds. The third kappa shape index (κ3) is 4.02. The van der Waals surface area contributed by atoms with Gasteiger partial charge in [-0.05, 0) is 29.8 Å². The quantitative estimate of drug-likeness (QED) is 0.512. The standard InChI is InChI=1S/C18H15Cl2NO3/c19-13-5-6-17(15(20)10-13)23-7-8-24-18(22)9-12-11-21-16-4-2-1-3-14(12)16/h1-6,10-11,21H,7-9H2. The van der Waals surface area contributed by atoms with Crippen molar-refractivity contribution in [3.05, 3.63) is 64.3 Å². The van der Waals surface area contributed by atoms with Crippen LogP contribution in [0, 0.1) is 0 Å². The second-order valence-corrected chi connectivity index (χ2v) is 6.02. The van der Waals surface area contributed by atoms with Crippen molar-refractivity contribution in [2.24, 2.45) is 0 Å². The lowest BCUT2D eigenvalue weighted by atomic mass is 10.1. The summed E-state index contributed by atoms with van der Waals surface area (Å²) in [4.78, 5) is 15.1. The molecule has 0 saturated heterocycles. The maximum Gasteiger partial charge on any atom is 0.310 e. The number of ether oxygens (including phenoxy) is 2. The van der Waals surface area contributed by atoms with Crippen molar-refractivity contribution in [1.82, 2.24) is 4.98 Å². The fourth-order valence-corrected chi connectivity index (χ4v) is 2.85. The van der Waals surface area contributed by atoms with E-state index in [0.717, 1.165) is 16.5 Å². The Balaban J connectivity index is 1.47. The number of nitrogens with one attached hydrogen (secondary N) is 1. The summed E-state index contributed by atoms with van der Waals surface area (Å²) in [5, 5.41) is 1.99. The van der Waals surface area contributed by atoms with E-state index in [2.05, 4.69) is 4.98 Å². The summed E-state index contributed by atoms with van der Waals surface area (Å²) < 4.78 is 10.7. The van der Waals surface area contributed by atoms with Gasteiger partial charge >= 0.3 is 5.97 Å². The molecule has 0 saturated carbocycles. The van der Waals surface area contributed by atoms with Gasteiger partial charge < -0.3 is 14.5 Å². The fourth-order valence-electron chi connectivity index (χ4n) is 2.38. The number of fused-ring (bicyclic) bond motifs is 1. The largest absolute Gasteiger partial charge is 0.488 e. The van der Waals surface area contributed by atoms with E-state index < -0.39 is 0 Å². The number of halogens is 2. The first-order valence-corrected chi connectivity index (χ1v) is 8.17. The van der Waals surface area contributed by atoms with Crippen molar-refractivity contribution in [3.8, 4) is 5.75 Å². The molecule has 24 heavy (non-hydrogen) atoms. The highest BCUT2D eigenvalue weighted by Gasteiger charge is 2.10. The molecule has 2 aromatic carbocycles. The van der Waals surface area contributed by atoms with Crippen LogP contribution in [0.25, 0.3) is 10.9 Å². The first kappa shape index (κ1) is 16.7. The number of carbonyl (C=O) groups is 1. The number of carbonyl (C=O) groups excluding carboxylic acids is 1. The molecule has 3 aromatic rings. The van der Waals surface area contributed by atoms with Gasteiger partial charge in [-0.25, -0.2) is 0 Å². The third-order valence-corrected chi connectivity index (χ3v) is 4.04. The Labute approximate surface area is 149 Å². The summed E-state index contributed by atoms with van der Waals surface area (Å²) in [6.45, 7) is 0.376. The molecule has 0 bridgehead atoms. The van der Waals surface area contributed by atoms with Crippen LogP contribution < -0.4 is 4.74 Å². The van der Waals surface area contributed by atoms with E-state index in [9.17, 15) is 4.79 Å². The van der Waals surface area contributed by atoms with Crippen LogP contribution in [0.15, 0.2) is 48.7 Å². The zero-order chi connectivity index (χ0) is 16.9. The Morgan fingerprint density at radius 3 is 2.75 bits per heavy atom. The van der Waals surface area contributed by atoms with Gasteiger partial charge in [-0.2, -0.15) is 0 Å². The maximum absolute atomic E-state index is 11.9. The van der Waals surface area contributed by atoms with Crippen molar-refractivity contribution in [2.75, 3.05) is 13.2 Å². The summed E-state index contributed by atoms with van der Waals surface area (Å²) in [5.41, 5.74) is 1.92. The molecule has 124 valence electrons. The molecule has 0 spiro atoms. The molecule has 6 heteroatoms. The highest BCUT2D eigenvalue weighted by Crippen LogP contribution is 2.27. The molecule has 3 rings (SSSR count). The molecule has 0 unspecified atom stereocenters. The molecule has 0 atom stereocenters. The minimum absolute atomic E-state index is 0.153. The molecular weight excluding hydrogens is 349 g/mol. The summed E-state index contributed by atoms with van der Waals surface area (Å²) in [7, 11) is 0. The van der Waals surface area contributed by atoms with E-state index in [1.165, 1.54) is 0 Å². The van der Waals surface area contributed by atoms with Gasteiger partial charge in [-0.3, -0.25) is 4.79 Å². The summed E-state index contributed by atoms with van der Waals surface area (Å²) in [6.07, 6.45) is 2.04. The van der Waals surface area contributed by atoms with Crippen molar-refractivity contribution < 1.29 is 14.3 Å². The van der Waals surface area contributed by atoms with Gasteiger partial charge in [0.15, 0.2) is 0 Å².